The van der Waals surface area contributed by atoms with Gasteiger partial charge in [-0.3, -0.25) is 0 Å². The SMILES string of the molecule is CC(O)CC(C)CNC1CCc2[nH]c3ccccc3c2C1. The molecule has 3 unspecified atom stereocenters. The Bertz CT molecular complexity index is 602. The number of aromatic amines is 1. The third kappa shape index (κ3) is 3.30. The lowest BCUT2D eigenvalue weighted by Gasteiger charge is -2.25. The van der Waals surface area contributed by atoms with Crippen LogP contribution in [0.3, 0.4) is 0 Å². The summed E-state index contributed by atoms with van der Waals surface area (Å²) >= 11 is 0. The molecule has 114 valence electrons. The average molecular weight is 286 g/mol. The predicted octanol–water partition coefficient (Wildman–Crippen LogP) is 3.02. The van der Waals surface area contributed by atoms with Crippen LogP contribution in [-0.2, 0) is 12.8 Å². The lowest BCUT2D eigenvalue weighted by molar-refractivity contribution is 0.162. The van der Waals surface area contributed by atoms with Gasteiger partial charge in [0.25, 0.3) is 0 Å². The summed E-state index contributed by atoms with van der Waals surface area (Å²) in [6, 6.07) is 9.17. The van der Waals surface area contributed by atoms with Crippen LogP contribution in [0.15, 0.2) is 24.3 Å². The molecule has 3 rings (SSSR count). The highest BCUT2D eigenvalue weighted by molar-refractivity contribution is 5.84. The number of para-hydroxylation sites is 1. The van der Waals surface area contributed by atoms with E-state index in [4.69, 9.17) is 0 Å². The Kier molecular flexibility index (Phi) is 4.32. The summed E-state index contributed by atoms with van der Waals surface area (Å²) in [7, 11) is 0. The zero-order valence-electron chi connectivity index (χ0n) is 13.0. The molecule has 0 spiro atoms. The average Bonchev–Trinajstić information content (AvgIpc) is 2.82. The number of aryl methyl sites for hydroxylation is 1. The molecule has 21 heavy (non-hydrogen) atoms. The Morgan fingerprint density at radius 1 is 1.33 bits per heavy atom. The summed E-state index contributed by atoms with van der Waals surface area (Å²) in [6.07, 6.45) is 4.11. The minimum Gasteiger partial charge on any atom is -0.393 e. The first-order valence-electron chi connectivity index (χ1n) is 8.13. The molecule has 1 aliphatic rings. The summed E-state index contributed by atoms with van der Waals surface area (Å²) in [5.74, 6) is 0.523. The second-order valence-corrected chi connectivity index (χ2v) is 6.67. The molecule has 1 aromatic carbocycles. The van der Waals surface area contributed by atoms with Gasteiger partial charge in [0.15, 0.2) is 0 Å². The number of benzene rings is 1. The van der Waals surface area contributed by atoms with Crippen LogP contribution in [0.5, 0.6) is 0 Å². The van der Waals surface area contributed by atoms with E-state index in [0.29, 0.717) is 12.0 Å². The molecule has 0 saturated carbocycles. The van der Waals surface area contributed by atoms with Crippen molar-refractivity contribution in [3.05, 3.63) is 35.5 Å². The zero-order valence-corrected chi connectivity index (χ0v) is 13.0. The van der Waals surface area contributed by atoms with Gasteiger partial charge in [-0.15, -0.1) is 0 Å². The van der Waals surface area contributed by atoms with Gasteiger partial charge in [0.1, 0.15) is 0 Å². The summed E-state index contributed by atoms with van der Waals surface area (Å²) in [5, 5.41) is 14.5. The van der Waals surface area contributed by atoms with Crippen molar-refractivity contribution in [1.82, 2.24) is 10.3 Å². The number of H-pyrrole nitrogens is 1. The maximum atomic E-state index is 9.45. The molecule has 2 aromatic rings. The Morgan fingerprint density at radius 3 is 2.95 bits per heavy atom. The Balaban J connectivity index is 1.64. The van der Waals surface area contributed by atoms with Gasteiger partial charge in [0.05, 0.1) is 6.10 Å². The highest BCUT2D eigenvalue weighted by Crippen LogP contribution is 2.29. The van der Waals surface area contributed by atoms with E-state index in [0.717, 1.165) is 25.8 Å². The van der Waals surface area contributed by atoms with Crippen molar-refractivity contribution in [3.63, 3.8) is 0 Å². The molecule has 0 radical (unpaired) electrons. The van der Waals surface area contributed by atoms with Crippen LogP contribution in [0.1, 0.15) is 37.9 Å². The Morgan fingerprint density at radius 2 is 2.14 bits per heavy atom. The first kappa shape index (κ1) is 14.6. The van der Waals surface area contributed by atoms with Crippen molar-refractivity contribution in [2.45, 2.75) is 51.7 Å². The molecular formula is C18H26N2O. The van der Waals surface area contributed by atoms with Crippen LogP contribution in [-0.4, -0.2) is 28.8 Å². The molecule has 3 N–H and O–H groups in total. The van der Waals surface area contributed by atoms with Crippen molar-refractivity contribution in [2.75, 3.05) is 6.54 Å². The molecule has 1 heterocycles. The number of fused-ring (bicyclic) bond motifs is 3. The number of aliphatic hydroxyl groups excluding tert-OH is 1. The molecule has 0 bridgehead atoms. The number of hydrogen-bond donors (Lipinski definition) is 3. The van der Waals surface area contributed by atoms with E-state index in [1.165, 1.54) is 28.6 Å². The predicted molar refractivity (Wildman–Crippen MR) is 87.6 cm³/mol. The molecule has 3 atom stereocenters. The van der Waals surface area contributed by atoms with Crippen LogP contribution in [0.2, 0.25) is 0 Å². The fraction of sp³-hybridized carbons (Fsp3) is 0.556. The first-order valence-corrected chi connectivity index (χ1v) is 8.13. The van der Waals surface area contributed by atoms with Crippen LogP contribution in [0, 0.1) is 5.92 Å². The Labute approximate surface area is 126 Å². The van der Waals surface area contributed by atoms with Crippen molar-refractivity contribution in [1.29, 1.82) is 0 Å². The van der Waals surface area contributed by atoms with Crippen molar-refractivity contribution >= 4 is 10.9 Å². The third-order valence-electron chi connectivity index (χ3n) is 4.59. The third-order valence-corrected chi connectivity index (χ3v) is 4.59. The zero-order chi connectivity index (χ0) is 14.8. The van der Waals surface area contributed by atoms with Crippen molar-refractivity contribution in [2.24, 2.45) is 5.92 Å². The number of hydrogen-bond acceptors (Lipinski definition) is 2. The molecule has 3 heteroatoms. The number of aromatic nitrogens is 1. The maximum absolute atomic E-state index is 9.45. The Hall–Kier alpha value is -1.32. The van der Waals surface area contributed by atoms with Gasteiger partial charge in [0, 0.05) is 22.6 Å². The van der Waals surface area contributed by atoms with E-state index in [-0.39, 0.29) is 6.10 Å². The highest BCUT2D eigenvalue weighted by Gasteiger charge is 2.22. The molecule has 1 aromatic heterocycles. The summed E-state index contributed by atoms with van der Waals surface area (Å²) in [6.45, 7) is 5.07. The van der Waals surface area contributed by atoms with Crippen molar-refractivity contribution < 1.29 is 5.11 Å². The first-order chi connectivity index (χ1) is 10.1. The summed E-state index contributed by atoms with van der Waals surface area (Å²) in [5.41, 5.74) is 4.19. The summed E-state index contributed by atoms with van der Waals surface area (Å²) in [4.78, 5) is 3.57. The monoisotopic (exact) mass is 286 g/mol. The number of rotatable bonds is 5. The van der Waals surface area contributed by atoms with Gasteiger partial charge in [-0.2, -0.15) is 0 Å². The second-order valence-electron chi connectivity index (χ2n) is 6.67. The van der Waals surface area contributed by atoms with Crippen LogP contribution in [0.25, 0.3) is 10.9 Å². The maximum Gasteiger partial charge on any atom is 0.0515 e. The molecule has 3 nitrogen and oxygen atoms in total. The van der Waals surface area contributed by atoms with Crippen LogP contribution >= 0.6 is 0 Å². The van der Waals surface area contributed by atoms with Gasteiger partial charge in [0.2, 0.25) is 0 Å². The molecule has 1 aliphatic carbocycles. The smallest absolute Gasteiger partial charge is 0.0515 e. The fourth-order valence-corrected chi connectivity index (χ4v) is 3.58. The van der Waals surface area contributed by atoms with E-state index < -0.39 is 0 Å². The fourth-order valence-electron chi connectivity index (χ4n) is 3.58. The number of aliphatic hydroxyl groups is 1. The van der Waals surface area contributed by atoms with E-state index in [1.807, 2.05) is 6.92 Å². The van der Waals surface area contributed by atoms with Gasteiger partial charge < -0.3 is 15.4 Å². The minimum atomic E-state index is -0.201. The highest BCUT2D eigenvalue weighted by atomic mass is 16.3. The van der Waals surface area contributed by atoms with Crippen LogP contribution in [0.4, 0.5) is 0 Å². The lowest BCUT2D eigenvalue weighted by Crippen LogP contribution is -2.37. The molecule has 0 saturated heterocycles. The van der Waals surface area contributed by atoms with Crippen LogP contribution < -0.4 is 5.32 Å². The lowest BCUT2D eigenvalue weighted by atomic mass is 9.91. The largest absolute Gasteiger partial charge is 0.393 e. The quantitative estimate of drug-likeness (QED) is 0.791. The van der Waals surface area contributed by atoms with E-state index in [9.17, 15) is 5.11 Å². The van der Waals surface area contributed by atoms with E-state index in [1.54, 1.807) is 0 Å². The van der Waals surface area contributed by atoms with Gasteiger partial charge in [-0.05, 0) is 56.7 Å². The van der Waals surface area contributed by atoms with E-state index in [2.05, 4.69) is 41.5 Å². The number of nitrogens with one attached hydrogen (secondary N) is 2. The normalized spacial score (nSPS) is 21.2. The van der Waals surface area contributed by atoms with E-state index >= 15 is 0 Å². The van der Waals surface area contributed by atoms with Crippen molar-refractivity contribution in [3.8, 4) is 0 Å². The minimum absolute atomic E-state index is 0.201. The second kappa shape index (κ2) is 6.20. The molecular weight excluding hydrogens is 260 g/mol. The van der Waals surface area contributed by atoms with Gasteiger partial charge >= 0.3 is 0 Å². The topological polar surface area (TPSA) is 48.0 Å². The van der Waals surface area contributed by atoms with Gasteiger partial charge in [-0.25, -0.2) is 0 Å². The van der Waals surface area contributed by atoms with Gasteiger partial charge in [-0.1, -0.05) is 25.1 Å². The molecule has 0 aliphatic heterocycles. The standard InChI is InChI=1S/C18H26N2O/c1-12(9-13(2)21)11-19-14-7-8-18-16(10-14)15-5-3-4-6-17(15)20-18/h3-6,12-14,19-21H,7-11H2,1-2H3. The molecule has 0 amide bonds. The summed E-state index contributed by atoms with van der Waals surface area (Å²) < 4.78 is 0. The molecule has 0 fully saturated rings.